The molecule has 3 nitrogen and oxygen atoms in total. The predicted octanol–water partition coefficient (Wildman–Crippen LogP) is 5.20. The van der Waals surface area contributed by atoms with E-state index in [1.54, 1.807) is 7.11 Å². The molecule has 0 amide bonds. The standard InChI is InChI=1S/C23H20N2O/c1-16-7-9-17(10-8-16)15-22-20-5-3-4-6-21(20)23(25-24-22)18-11-13-19(26-2)14-12-18/h3-14H,15H2,1-2H3. The largest absolute Gasteiger partial charge is 0.497 e. The summed E-state index contributed by atoms with van der Waals surface area (Å²) < 4.78 is 5.25. The van der Waals surface area contributed by atoms with Gasteiger partial charge in [-0.25, -0.2) is 0 Å². The Morgan fingerprint density at radius 3 is 2.15 bits per heavy atom. The first-order valence-electron chi connectivity index (χ1n) is 8.69. The van der Waals surface area contributed by atoms with E-state index in [4.69, 9.17) is 4.74 Å². The minimum atomic E-state index is 0.774. The maximum Gasteiger partial charge on any atom is 0.118 e. The number of rotatable bonds is 4. The van der Waals surface area contributed by atoms with Crippen molar-refractivity contribution in [3.05, 3.63) is 89.6 Å². The highest BCUT2D eigenvalue weighted by Crippen LogP contribution is 2.29. The molecule has 128 valence electrons. The normalized spacial score (nSPS) is 10.8. The molecular weight excluding hydrogens is 320 g/mol. The fourth-order valence-electron chi connectivity index (χ4n) is 3.15. The molecule has 0 aliphatic heterocycles. The van der Waals surface area contributed by atoms with Crippen LogP contribution in [-0.4, -0.2) is 17.3 Å². The fraction of sp³-hybridized carbons (Fsp3) is 0.130. The molecule has 1 aromatic heterocycles. The quantitative estimate of drug-likeness (QED) is 0.512. The van der Waals surface area contributed by atoms with Gasteiger partial charge in [-0.05, 0) is 36.8 Å². The molecule has 0 radical (unpaired) electrons. The van der Waals surface area contributed by atoms with E-state index >= 15 is 0 Å². The number of hydrogen-bond acceptors (Lipinski definition) is 3. The summed E-state index contributed by atoms with van der Waals surface area (Å²) in [6.07, 6.45) is 0.774. The predicted molar refractivity (Wildman–Crippen MR) is 106 cm³/mol. The minimum Gasteiger partial charge on any atom is -0.497 e. The maximum atomic E-state index is 5.25. The van der Waals surface area contributed by atoms with Crippen LogP contribution in [0.4, 0.5) is 0 Å². The SMILES string of the molecule is COc1ccc(-c2nnc(Cc3ccc(C)cc3)c3ccccc23)cc1. The van der Waals surface area contributed by atoms with Crippen LogP contribution in [0, 0.1) is 6.92 Å². The van der Waals surface area contributed by atoms with Gasteiger partial charge in [-0.3, -0.25) is 0 Å². The molecule has 0 N–H and O–H groups in total. The molecule has 0 saturated heterocycles. The number of aryl methyl sites for hydroxylation is 1. The van der Waals surface area contributed by atoms with Gasteiger partial charge in [0.05, 0.1) is 12.8 Å². The van der Waals surface area contributed by atoms with Gasteiger partial charge in [0.1, 0.15) is 11.4 Å². The van der Waals surface area contributed by atoms with Gasteiger partial charge in [0, 0.05) is 22.8 Å². The average Bonchev–Trinajstić information content (AvgIpc) is 2.70. The number of hydrogen-bond donors (Lipinski definition) is 0. The second kappa shape index (κ2) is 6.96. The highest BCUT2D eigenvalue weighted by Gasteiger charge is 2.11. The lowest BCUT2D eigenvalue weighted by atomic mass is 10.00. The van der Waals surface area contributed by atoms with Crippen LogP contribution in [0.3, 0.4) is 0 Å². The first-order chi connectivity index (χ1) is 12.7. The molecule has 0 fully saturated rings. The molecule has 3 aromatic carbocycles. The summed E-state index contributed by atoms with van der Waals surface area (Å²) >= 11 is 0. The number of aromatic nitrogens is 2. The summed E-state index contributed by atoms with van der Waals surface area (Å²) in [6.45, 7) is 2.10. The Balaban J connectivity index is 1.78. The lowest BCUT2D eigenvalue weighted by molar-refractivity contribution is 0.415. The molecule has 0 spiro atoms. The molecule has 0 bridgehead atoms. The second-order valence-corrected chi connectivity index (χ2v) is 6.43. The van der Waals surface area contributed by atoms with E-state index in [9.17, 15) is 0 Å². The molecular formula is C23H20N2O. The van der Waals surface area contributed by atoms with E-state index in [1.165, 1.54) is 11.1 Å². The Labute approximate surface area is 153 Å². The summed E-state index contributed by atoms with van der Waals surface area (Å²) in [4.78, 5) is 0. The highest BCUT2D eigenvalue weighted by atomic mass is 16.5. The van der Waals surface area contributed by atoms with Gasteiger partial charge in [0.25, 0.3) is 0 Å². The summed E-state index contributed by atoms with van der Waals surface area (Å²) in [5, 5.41) is 11.4. The number of ether oxygens (including phenoxy) is 1. The van der Waals surface area contributed by atoms with Crippen molar-refractivity contribution < 1.29 is 4.74 Å². The molecule has 4 rings (SSSR count). The monoisotopic (exact) mass is 340 g/mol. The minimum absolute atomic E-state index is 0.774. The second-order valence-electron chi connectivity index (χ2n) is 6.43. The van der Waals surface area contributed by atoms with Gasteiger partial charge >= 0.3 is 0 Å². The van der Waals surface area contributed by atoms with E-state index in [-0.39, 0.29) is 0 Å². The van der Waals surface area contributed by atoms with Crippen molar-refractivity contribution in [1.82, 2.24) is 10.2 Å². The number of methoxy groups -OCH3 is 1. The molecule has 0 aliphatic rings. The molecule has 3 heteroatoms. The Kier molecular flexibility index (Phi) is 4.36. The highest BCUT2D eigenvalue weighted by molar-refractivity contribution is 5.95. The van der Waals surface area contributed by atoms with Crippen LogP contribution in [-0.2, 0) is 6.42 Å². The molecule has 0 unspecified atom stereocenters. The fourth-order valence-corrected chi connectivity index (χ4v) is 3.15. The first kappa shape index (κ1) is 16.3. The van der Waals surface area contributed by atoms with Gasteiger partial charge in [-0.15, -0.1) is 5.10 Å². The van der Waals surface area contributed by atoms with Crippen molar-refractivity contribution in [3.63, 3.8) is 0 Å². The average molecular weight is 340 g/mol. The lowest BCUT2D eigenvalue weighted by Crippen LogP contribution is -1.99. The van der Waals surface area contributed by atoms with Crippen LogP contribution >= 0.6 is 0 Å². The molecule has 0 atom stereocenters. The Hall–Kier alpha value is -3.20. The Morgan fingerprint density at radius 2 is 1.46 bits per heavy atom. The van der Waals surface area contributed by atoms with Crippen molar-refractivity contribution in [2.45, 2.75) is 13.3 Å². The summed E-state index contributed by atoms with van der Waals surface area (Å²) in [5.41, 5.74) is 5.45. The van der Waals surface area contributed by atoms with Gasteiger partial charge in [0.2, 0.25) is 0 Å². The zero-order valence-corrected chi connectivity index (χ0v) is 14.9. The van der Waals surface area contributed by atoms with Gasteiger partial charge in [0.15, 0.2) is 0 Å². The van der Waals surface area contributed by atoms with Gasteiger partial charge in [-0.2, -0.15) is 5.10 Å². The third-order valence-corrected chi connectivity index (χ3v) is 4.62. The van der Waals surface area contributed by atoms with Crippen molar-refractivity contribution in [2.24, 2.45) is 0 Å². The van der Waals surface area contributed by atoms with Crippen LogP contribution in [0.2, 0.25) is 0 Å². The van der Waals surface area contributed by atoms with E-state index < -0.39 is 0 Å². The van der Waals surface area contributed by atoms with E-state index in [2.05, 4.69) is 59.6 Å². The number of fused-ring (bicyclic) bond motifs is 1. The van der Waals surface area contributed by atoms with Crippen molar-refractivity contribution in [2.75, 3.05) is 7.11 Å². The van der Waals surface area contributed by atoms with Crippen molar-refractivity contribution in [1.29, 1.82) is 0 Å². The lowest BCUT2D eigenvalue weighted by Gasteiger charge is -2.10. The third kappa shape index (κ3) is 3.16. The third-order valence-electron chi connectivity index (χ3n) is 4.62. The molecule has 26 heavy (non-hydrogen) atoms. The molecule has 0 aliphatic carbocycles. The summed E-state index contributed by atoms with van der Waals surface area (Å²) in [5.74, 6) is 0.835. The Morgan fingerprint density at radius 1 is 0.769 bits per heavy atom. The van der Waals surface area contributed by atoms with Crippen molar-refractivity contribution in [3.8, 4) is 17.0 Å². The van der Waals surface area contributed by atoms with Crippen LogP contribution < -0.4 is 4.74 Å². The zero-order chi connectivity index (χ0) is 17.9. The van der Waals surface area contributed by atoms with Crippen LogP contribution in [0.5, 0.6) is 5.75 Å². The number of nitrogens with zero attached hydrogens (tertiary/aromatic N) is 2. The van der Waals surface area contributed by atoms with E-state index in [0.29, 0.717) is 0 Å². The molecule has 4 aromatic rings. The smallest absolute Gasteiger partial charge is 0.118 e. The Bertz CT molecular complexity index is 1040. The van der Waals surface area contributed by atoms with E-state index in [0.717, 1.165) is 39.9 Å². The molecule has 1 heterocycles. The first-order valence-corrected chi connectivity index (χ1v) is 8.69. The van der Waals surface area contributed by atoms with Crippen molar-refractivity contribution >= 4 is 10.8 Å². The number of benzene rings is 3. The van der Waals surface area contributed by atoms with Crippen LogP contribution in [0.1, 0.15) is 16.8 Å². The topological polar surface area (TPSA) is 35.0 Å². The summed E-state index contributed by atoms with van der Waals surface area (Å²) in [6, 6.07) is 24.9. The molecule has 0 saturated carbocycles. The van der Waals surface area contributed by atoms with E-state index in [1.807, 2.05) is 30.3 Å². The van der Waals surface area contributed by atoms with Crippen LogP contribution in [0.15, 0.2) is 72.8 Å². The summed E-state index contributed by atoms with van der Waals surface area (Å²) in [7, 11) is 1.67. The van der Waals surface area contributed by atoms with Gasteiger partial charge < -0.3 is 4.74 Å². The van der Waals surface area contributed by atoms with Gasteiger partial charge in [-0.1, -0.05) is 54.1 Å². The maximum absolute atomic E-state index is 5.25. The zero-order valence-electron chi connectivity index (χ0n) is 14.9. The van der Waals surface area contributed by atoms with Crippen LogP contribution in [0.25, 0.3) is 22.0 Å².